The Bertz CT molecular complexity index is 454. The molecule has 0 bridgehead atoms. The summed E-state index contributed by atoms with van der Waals surface area (Å²) in [6.07, 6.45) is 6.96. The van der Waals surface area contributed by atoms with E-state index in [2.05, 4.69) is 10.1 Å². The first-order chi connectivity index (χ1) is 9.63. The summed E-state index contributed by atoms with van der Waals surface area (Å²) in [5, 5.41) is 3.99. The predicted octanol–water partition coefficient (Wildman–Crippen LogP) is 0.783. The van der Waals surface area contributed by atoms with E-state index in [-0.39, 0.29) is 18.5 Å². The maximum atomic E-state index is 12.6. The second-order valence-electron chi connectivity index (χ2n) is 5.03. The van der Waals surface area contributed by atoms with Crippen LogP contribution < -0.4 is 0 Å². The lowest BCUT2D eigenvalue weighted by Crippen LogP contribution is -2.45. The van der Waals surface area contributed by atoms with Crippen molar-refractivity contribution in [2.45, 2.75) is 44.7 Å². The van der Waals surface area contributed by atoms with Crippen LogP contribution in [0.25, 0.3) is 0 Å². The number of carbonyl (C=O) groups excluding carboxylic acids is 2. The van der Waals surface area contributed by atoms with Crippen LogP contribution in [0.3, 0.4) is 0 Å². The van der Waals surface area contributed by atoms with Crippen LogP contribution in [0.2, 0.25) is 0 Å². The molecule has 0 aromatic carbocycles. The Morgan fingerprint density at radius 3 is 2.70 bits per heavy atom. The van der Waals surface area contributed by atoms with Crippen LogP contribution in [-0.2, 0) is 14.3 Å². The van der Waals surface area contributed by atoms with Gasteiger partial charge in [-0.2, -0.15) is 5.10 Å². The van der Waals surface area contributed by atoms with E-state index in [9.17, 15) is 9.59 Å². The third kappa shape index (κ3) is 3.15. The second-order valence-corrected chi connectivity index (χ2v) is 5.03. The number of ether oxygens (including phenoxy) is 1. The van der Waals surface area contributed by atoms with Crippen molar-refractivity contribution in [3.8, 4) is 0 Å². The number of rotatable bonds is 5. The van der Waals surface area contributed by atoms with Gasteiger partial charge in [-0.05, 0) is 19.8 Å². The average molecular weight is 280 g/mol. The lowest BCUT2D eigenvalue weighted by Gasteiger charge is -2.30. The monoisotopic (exact) mass is 280 g/mol. The van der Waals surface area contributed by atoms with E-state index in [4.69, 9.17) is 4.74 Å². The van der Waals surface area contributed by atoms with Crippen LogP contribution in [0.15, 0.2) is 12.7 Å². The van der Waals surface area contributed by atoms with E-state index in [0.717, 1.165) is 25.7 Å². The number of amides is 1. The van der Waals surface area contributed by atoms with Crippen LogP contribution in [0.4, 0.5) is 0 Å². The Labute approximate surface area is 117 Å². The van der Waals surface area contributed by atoms with Gasteiger partial charge in [0.05, 0.1) is 7.11 Å². The number of esters is 1. The Morgan fingerprint density at radius 1 is 1.45 bits per heavy atom. The van der Waals surface area contributed by atoms with Crippen molar-refractivity contribution < 1.29 is 14.3 Å². The van der Waals surface area contributed by atoms with Gasteiger partial charge in [-0.15, -0.1) is 0 Å². The fourth-order valence-electron chi connectivity index (χ4n) is 2.58. The highest BCUT2D eigenvalue weighted by Crippen LogP contribution is 2.25. The molecule has 1 aliphatic rings. The molecule has 1 atom stereocenters. The van der Waals surface area contributed by atoms with E-state index in [0.29, 0.717) is 0 Å². The highest BCUT2D eigenvalue weighted by Gasteiger charge is 2.32. The normalized spacial score (nSPS) is 16.9. The van der Waals surface area contributed by atoms with Gasteiger partial charge in [-0.1, -0.05) is 12.8 Å². The smallest absolute Gasteiger partial charge is 0.325 e. The molecule has 1 amide bonds. The average Bonchev–Trinajstić information content (AvgIpc) is 3.14. The van der Waals surface area contributed by atoms with Gasteiger partial charge in [0.15, 0.2) is 0 Å². The van der Waals surface area contributed by atoms with Gasteiger partial charge >= 0.3 is 5.97 Å². The molecule has 1 unspecified atom stereocenters. The topological polar surface area (TPSA) is 77.3 Å². The largest absolute Gasteiger partial charge is 0.468 e. The third-order valence-electron chi connectivity index (χ3n) is 3.77. The summed E-state index contributed by atoms with van der Waals surface area (Å²) in [5.74, 6) is -0.510. The van der Waals surface area contributed by atoms with Crippen molar-refractivity contribution in [2.24, 2.45) is 0 Å². The van der Waals surface area contributed by atoms with E-state index in [1.807, 2.05) is 0 Å². The van der Waals surface area contributed by atoms with Crippen LogP contribution >= 0.6 is 0 Å². The summed E-state index contributed by atoms with van der Waals surface area (Å²) in [6.45, 7) is 1.76. The first-order valence-corrected chi connectivity index (χ1v) is 6.85. The molecule has 20 heavy (non-hydrogen) atoms. The van der Waals surface area contributed by atoms with Crippen LogP contribution in [0, 0.1) is 0 Å². The van der Waals surface area contributed by atoms with Gasteiger partial charge in [-0.25, -0.2) is 9.67 Å². The van der Waals surface area contributed by atoms with Crippen LogP contribution in [0.5, 0.6) is 0 Å². The Hall–Kier alpha value is -1.92. The summed E-state index contributed by atoms with van der Waals surface area (Å²) in [7, 11) is 1.33. The van der Waals surface area contributed by atoms with Gasteiger partial charge in [0.25, 0.3) is 0 Å². The van der Waals surface area contributed by atoms with Crippen molar-refractivity contribution in [1.29, 1.82) is 0 Å². The number of hydrogen-bond acceptors (Lipinski definition) is 5. The van der Waals surface area contributed by atoms with Gasteiger partial charge in [0.1, 0.15) is 25.2 Å². The first kappa shape index (κ1) is 14.5. The molecule has 0 N–H and O–H groups in total. The zero-order valence-corrected chi connectivity index (χ0v) is 11.9. The molecule has 0 saturated heterocycles. The van der Waals surface area contributed by atoms with Crippen LogP contribution in [-0.4, -0.2) is 51.2 Å². The van der Waals surface area contributed by atoms with Gasteiger partial charge in [0, 0.05) is 6.04 Å². The highest BCUT2D eigenvalue weighted by molar-refractivity contribution is 5.84. The summed E-state index contributed by atoms with van der Waals surface area (Å²) in [4.78, 5) is 29.6. The van der Waals surface area contributed by atoms with E-state index in [1.54, 1.807) is 11.8 Å². The minimum Gasteiger partial charge on any atom is -0.468 e. The minimum atomic E-state index is -0.470. The quantitative estimate of drug-likeness (QED) is 0.745. The highest BCUT2D eigenvalue weighted by atomic mass is 16.5. The Kier molecular flexibility index (Phi) is 4.70. The molecule has 1 heterocycles. The molecule has 7 heteroatoms. The lowest BCUT2D eigenvalue weighted by molar-refractivity contribution is -0.150. The standard InChI is InChI=1S/C13H20N4O3/c1-10(17-9-14-8-15-17)13(19)16(7-12(18)20-2)11-5-3-4-6-11/h8-11H,3-7H2,1-2H3. The molecule has 0 spiro atoms. The molecule has 1 aromatic rings. The summed E-state index contributed by atoms with van der Waals surface area (Å²) < 4.78 is 6.19. The Balaban J connectivity index is 2.12. The number of methoxy groups -OCH3 is 1. The molecule has 0 radical (unpaired) electrons. The molecule has 7 nitrogen and oxygen atoms in total. The SMILES string of the molecule is COC(=O)CN(C(=O)C(C)n1cncn1)C1CCCC1. The number of aromatic nitrogens is 3. The maximum absolute atomic E-state index is 12.6. The molecule has 110 valence electrons. The third-order valence-corrected chi connectivity index (χ3v) is 3.77. The summed E-state index contributed by atoms with van der Waals surface area (Å²) >= 11 is 0. The van der Waals surface area contributed by atoms with Gasteiger partial charge in [0.2, 0.25) is 5.91 Å². The van der Waals surface area contributed by atoms with Crippen molar-refractivity contribution in [2.75, 3.05) is 13.7 Å². The molecular formula is C13H20N4O3. The molecule has 1 saturated carbocycles. The zero-order chi connectivity index (χ0) is 14.5. The van der Waals surface area contributed by atoms with Crippen molar-refractivity contribution in [3.63, 3.8) is 0 Å². The van der Waals surface area contributed by atoms with E-state index < -0.39 is 12.0 Å². The molecule has 1 aliphatic carbocycles. The minimum absolute atomic E-state index is 0.000955. The van der Waals surface area contributed by atoms with Gasteiger partial charge in [-0.3, -0.25) is 9.59 Å². The number of hydrogen-bond donors (Lipinski definition) is 0. The maximum Gasteiger partial charge on any atom is 0.325 e. The van der Waals surface area contributed by atoms with Crippen molar-refractivity contribution >= 4 is 11.9 Å². The lowest BCUT2D eigenvalue weighted by atomic mass is 10.1. The van der Waals surface area contributed by atoms with Crippen LogP contribution in [0.1, 0.15) is 38.6 Å². The fraction of sp³-hybridized carbons (Fsp3) is 0.692. The molecule has 1 aromatic heterocycles. The van der Waals surface area contributed by atoms with Crippen molar-refractivity contribution in [1.82, 2.24) is 19.7 Å². The van der Waals surface area contributed by atoms with E-state index >= 15 is 0 Å². The van der Waals surface area contributed by atoms with Gasteiger partial charge < -0.3 is 9.64 Å². The number of carbonyl (C=O) groups is 2. The molecular weight excluding hydrogens is 260 g/mol. The number of nitrogens with zero attached hydrogens (tertiary/aromatic N) is 4. The summed E-state index contributed by atoms with van der Waals surface area (Å²) in [5.41, 5.74) is 0. The molecule has 0 aliphatic heterocycles. The first-order valence-electron chi connectivity index (χ1n) is 6.85. The van der Waals surface area contributed by atoms with E-state index in [1.165, 1.54) is 24.4 Å². The zero-order valence-electron chi connectivity index (χ0n) is 11.9. The predicted molar refractivity (Wildman–Crippen MR) is 70.7 cm³/mol. The fourth-order valence-corrected chi connectivity index (χ4v) is 2.58. The molecule has 2 rings (SSSR count). The van der Waals surface area contributed by atoms with Crippen molar-refractivity contribution in [3.05, 3.63) is 12.7 Å². The second kappa shape index (κ2) is 6.49. The summed E-state index contributed by atoms with van der Waals surface area (Å²) in [6, 6.07) is -0.352. The molecule has 1 fully saturated rings. The Morgan fingerprint density at radius 2 is 2.15 bits per heavy atom.